The number of aryl methyl sites for hydroxylation is 1. The second-order valence-electron chi connectivity index (χ2n) is 9.95. The van der Waals surface area contributed by atoms with Crippen LogP contribution in [0.1, 0.15) is 53.5 Å². The Morgan fingerprint density at radius 2 is 1.92 bits per heavy atom. The van der Waals surface area contributed by atoms with E-state index in [-0.39, 0.29) is 29.2 Å². The fourth-order valence-electron chi connectivity index (χ4n) is 5.11. The molecule has 0 amide bonds. The molecule has 7 heteroatoms. The van der Waals surface area contributed by atoms with Crippen molar-refractivity contribution in [3.05, 3.63) is 116 Å². The first-order chi connectivity index (χ1) is 18.3. The summed E-state index contributed by atoms with van der Waals surface area (Å²) in [5.74, 6) is 0.200. The third-order valence-corrected chi connectivity index (χ3v) is 6.96. The number of amidine groups is 1. The van der Waals surface area contributed by atoms with Crippen LogP contribution in [0.15, 0.2) is 74.9 Å². The second kappa shape index (κ2) is 10.2. The summed E-state index contributed by atoms with van der Waals surface area (Å²) in [5.41, 5.74) is 2.85. The van der Waals surface area contributed by atoms with Crippen LogP contribution in [0.4, 0.5) is 8.78 Å². The van der Waals surface area contributed by atoms with Crippen molar-refractivity contribution in [3.63, 3.8) is 0 Å². The van der Waals surface area contributed by atoms with Crippen LogP contribution in [0.3, 0.4) is 0 Å². The van der Waals surface area contributed by atoms with Gasteiger partial charge in [0.05, 0.1) is 29.6 Å². The fraction of sp³-hybridized carbons (Fsp3) is 0.258. The summed E-state index contributed by atoms with van der Waals surface area (Å²) in [6.45, 7) is 6.82. The first-order valence-electron chi connectivity index (χ1n) is 12.6. The standard InChI is InChI=1S/C31H27F2N3O2/c1-18(2)28(36-12-11-35-31(36)22-8-7-19(3)26(33)15-22)30-25(14-20-5-4-6-21(13-20)17-34)29(37)24-10-9-23(32)16-27(24)38-30/h4-10,13,15-16,18,28H,11-12,14H2,1-3H3. The molecule has 4 aromatic rings. The van der Waals surface area contributed by atoms with Gasteiger partial charge in [-0.1, -0.05) is 38.1 Å². The molecule has 38 heavy (non-hydrogen) atoms. The van der Waals surface area contributed by atoms with Crippen molar-refractivity contribution in [3.8, 4) is 6.07 Å². The Kier molecular flexibility index (Phi) is 6.81. The van der Waals surface area contributed by atoms with Crippen LogP contribution in [0.5, 0.6) is 0 Å². The van der Waals surface area contributed by atoms with Gasteiger partial charge < -0.3 is 9.32 Å². The molecule has 0 N–H and O–H groups in total. The normalized spacial score (nSPS) is 14.1. The molecule has 1 aromatic heterocycles. The van der Waals surface area contributed by atoms with Crippen LogP contribution in [0.25, 0.3) is 11.0 Å². The van der Waals surface area contributed by atoms with Gasteiger partial charge in [0, 0.05) is 30.2 Å². The minimum absolute atomic E-state index is 0.0352. The molecule has 0 saturated carbocycles. The molecule has 0 bridgehead atoms. The number of nitriles is 1. The minimum atomic E-state index is -0.499. The van der Waals surface area contributed by atoms with Gasteiger partial charge >= 0.3 is 0 Å². The summed E-state index contributed by atoms with van der Waals surface area (Å²) in [7, 11) is 0. The van der Waals surface area contributed by atoms with E-state index in [2.05, 4.69) is 11.1 Å². The number of nitrogens with zero attached hydrogens (tertiary/aromatic N) is 3. The highest BCUT2D eigenvalue weighted by atomic mass is 19.1. The summed E-state index contributed by atoms with van der Waals surface area (Å²) in [4.78, 5) is 20.6. The predicted octanol–water partition coefficient (Wildman–Crippen LogP) is 6.30. The smallest absolute Gasteiger partial charge is 0.196 e. The molecule has 0 aliphatic carbocycles. The average Bonchev–Trinajstić information content (AvgIpc) is 3.37. The highest BCUT2D eigenvalue weighted by Gasteiger charge is 2.35. The molecule has 2 heterocycles. The number of aliphatic imine (C=N–C) groups is 1. The van der Waals surface area contributed by atoms with Gasteiger partial charge in [-0.25, -0.2) is 8.78 Å². The van der Waals surface area contributed by atoms with Gasteiger partial charge in [0.25, 0.3) is 0 Å². The predicted molar refractivity (Wildman–Crippen MR) is 143 cm³/mol. The molecule has 3 aromatic carbocycles. The van der Waals surface area contributed by atoms with E-state index in [1.165, 1.54) is 24.3 Å². The lowest BCUT2D eigenvalue weighted by molar-refractivity contribution is 0.231. The van der Waals surface area contributed by atoms with Gasteiger partial charge in [0.15, 0.2) is 5.43 Å². The largest absolute Gasteiger partial charge is 0.458 e. The van der Waals surface area contributed by atoms with E-state index >= 15 is 0 Å². The van der Waals surface area contributed by atoms with E-state index in [0.29, 0.717) is 52.3 Å². The van der Waals surface area contributed by atoms with Gasteiger partial charge in [0.2, 0.25) is 0 Å². The SMILES string of the molecule is Cc1ccc(C2=NCCN2C(c2oc3cc(F)ccc3c(=O)c2Cc2cccc(C#N)c2)C(C)C)cc1F. The maximum absolute atomic E-state index is 14.5. The summed E-state index contributed by atoms with van der Waals surface area (Å²) < 4.78 is 35.0. The van der Waals surface area contributed by atoms with Crippen molar-refractivity contribution < 1.29 is 13.2 Å². The zero-order valence-corrected chi connectivity index (χ0v) is 21.5. The lowest BCUT2D eigenvalue weighted by Gasteiger charge is -2.34. The van der Waals surface area contributed by atoms with Gasteiger partial charge in [0.1, 0.15) is 28.8 Å². The zero-order valence-electron chi connectivity index (χ0n) is 21.5. The van der Waals surface area contributed by atoms with E-state index in [0.717, 1.165) is 5.56 Å². The van der Waals surface area contributed by atoms with Gasteiger partial charge in [-0.15, -0.1) is 0 Å². The molecule has 0 spiro atoms. The molecule has 1 aliphatic heterocycles. The maximum atomic E-state index is 14.5. The molecule has 5 nitrogen and oxygen atoms in total. The Bertz CT molecular complexity index is 1670. The van der Waals surface area contributed by atoms with E-state index in [4.69, 9.17) is 4.42 Å². The number of halogens is 2. The van der Waals surface area contributed by atoms with Crippen LogP contribution in [0.2, 0.25) is 0 Å². The van der Waals surface area contributed by atoms with E-state index in [1.807, 2.05) is 30.9 Å². The molecule has 0 radical (unpaired) electrons. The molecule has 1 atom stereocenters. The average molecular weight is 512 g/mol. The first kappa shape index (κ1) is 25.3. The topological polar surface area (TPSA) is 69.6 Å². The Balaban J connectivity index is 1.69. The van der Waals surface area contributed by atoms with Crippen LogP contribution < -0.4 is 5.43 Å². The molecular weight excluding hydrogens is 484 g/mol. The van der Waals surface area contributed by atoms with Crippen molar-refractivity contribution in [2.24, 2.45) is 10.9 Å². The van der Waals surface area contributed by atoms with Crippen molar-refractivity contribution in [1.29, 1.82) is 5.26 Å². The van der Waals surface area contributed by atoms with Crippen molar-refractivity contribution in [2.75, 3.05) is 13.1 Å². The number of hydrogen-bond acceptors (Lipinski definition) is 5. The number of fused-ring (bicyclic) bond motifs is 1. The molecule has 0 fully saturated rings. The first-order valence-corrected chi connectivity index (χ1v) is 12.6. The highest BCUT2D eigenvalue weighted by molar-refractivity contribution is 6.00. The van der Waals surface area contributed by atoms with Crippen molar-refractivity contribution in [1.82, 2.24) is 4.90 Å². The highest BCUT2D eigenvalue weighted by Crippen LogP contribution is 2.36. The molecule has 5 rings (SSSR count). The lowest BCUT2D eigenvalue weighted by atomic mass is 9.91. The lowest BCUT2D eigenvalue weighted by Crippen LogP contribution is -2.37. The number of hydrogen-bond donors (Lipinski definition) is 0. The zero-order chi connectivity index (χ0) is 27.0. The molecule has 0 saturated heterocycles. The molecular formula is C31H27F2N3O2. The summed E-state index contributed by atoms with van der Waals surface area (Å²) in [5, 5.41) is 9.66. The Morgan fingerprint density at radius 1 is 1.11 bits per heavy atom. The van der Waals surface area contributed by atoms with Crippen LogP contribution in [-0.4, -0.2) is 23.8 Å². The molecule has 1 aliphatic rings. The number of benzene rings is 3. The monoisotopic (exact) mass is 511 g/mol. The van der Waals surface area contributed by atoms with E-state index in [1.54, 1.807) is 31.2 Å². The van der Waals surface area contributed by atoms with Gasteiger partial charge in [-0.3, -0.25) is 9.79 Å². The quantitative estimate of drug-likeness (QED) is 0.305. The van der Waals surface area contributed by atoms with Crippen molar-refractivity contribution in [2.45, 2.75) is 33.2 Å². The third kappa shape index (κ3) is 4.70. The van der Waals surface area contributed by atoms with Crippen LogP contribution in [-0.2, 0) is 6.42 Å². The summed E-state index contributed by atoms with van der Waals surface area (Å²) in [6, 6.07) is 17.8. The van der Waals surface area contributed by atoms with Crippen molar-refractivity contribution >= 4 is 16.8 Å². The third-order valence-electron chi connectivity index (χ3n) is 6.96. The number of rotatable bonds is 6. The molecule has 192 valence electrons. The Morgan fingerprint density at radius 3 is 2.66 bits per heavy atom. The van der Waals surface area contributed by atoms with Gasteiger partial charge in [-0.2, -0.15) is 5.26 Å². The molecule has 1 unspecified atom stereocenters. The second-order valence-corrected chi connectivity index (χ2v) is 9.95. The van der Waals surface area contributed by atoms with Crippen LogP contribution in [0, 0.1) is 35.8 Å². The fourth-order valence-corrected chi connectivity index (χ4v) is 5.11. The Hall–Kier alpha value is -4.31. The van der Waals surface area contributed by atoms with Crippen LogP contribution >= 0.6 is 0 Å². The summed E-state index contributed by atoms with van der Waals surface area (Å²) >= 11 is 0. The minimum Gasteiger partial charge on any atom is -0.458 e. The van der Waals surface area contributed by atoms with E-state index in [9.17, 15) is 18.8 Å². The van der Waals surface area contributed by atoms with E-state index < -0.39 is 11.9 Å². The Labute approximate surface area is 219 Å². The summed E-state index contributed by atoms with van der Waals surface area (Å²) in [6.07, 6.45) is 0.239. The maximum Gasteiger partial charge on any atom is 0.196 e. The van der Waals surface area contributed by atoms with Gasteiger partial charge in [-0.05, 0) is 54.3 Å².